The number of rotatable bonds is 6. The quantitative estimate of drug-likeness (QED) is 0.846. The lowest BCUT2D eigenvalue weighted by molar-refractivity contribution is 0.0117. The third-order valence-electron chi connectivity index (χ3n) is 3.81. The van der Waals surface area contributed by atoms with Crippen LogP contribution in [0.3, 0.4) is 0 Å². The van der Waals surface area contributed by atoms with Gasteiger partial charge in [-0.05, 0) is 51.7 Å². The Balaban J connectivity index is 1.88. The SMILES string of the molecule is CCNc1ccc(C)cc1C(=O)NCCC1CCCCO1. The van der Waals surface area contributed by atoms with Crippen LogP contribution in [0.2, 0.25) is 0 Å². The highest BCUT2D eigenvalue weighted by atomic mass is 16.5. The molecule has 2 N–H and O–H groups in total. The Morgan fingerprint density at radius 3 is 2.95 bits per heavy atom. The van der Waals surface area contributed by atoms with Gasteiger partial charge in [0.2, 0.25) is 0 Å². The molecule has 1 saturated heterocycles. The van der Waals surface area contributed by atoms with Crippen molar-refractivity contribution in [3.63, 3.8) is 0 Å². The van der Waals surface area contributed by atoms with Crippen molar-refractivity contribution < 1.29 is 9.53 Å². The van der Waals surface area contributed by atoms with E-state index in [4.69, 9.17) is 4.74 Å². The largest absolute Gasteiger partial charge is 0.385 e. The van der Waals surface area contributed by atoms with Gasteiger partial charge in [-0.2, -0.15) is 0 Å². The number of anilines is 1. The molecule has 0 radical (unpaired) electrons. The third kappa shape index (κ3) is 4.74. The van der Waals surface area contributed by atoms with Crippen molar-refractivity contribution >= 4 is 11.6 Å². The summed E-state index contributed by atoms with van der Waals surface area (Å²) in [5.41, 5.74) is 2.72. The maximum atomic E-state index is 12.3. The highest BCUT2D eigenvalue weighted by Crippen LogP contribution is 2.18. The topological polar surface area (TPSA) is 50.4 Å². The van der Waals surface area contributed by atoms with Crippen LogP contribution >= 0.6 is 0 Å². The molecule has 1 aliphatic rings. The zero-order valence-corrected chi connectivity index (χ0v) is 13.1. The van der Waals surface area contributed by atoms with Gasteiger partial charge in [0.25, 0.3) is 5.91 Å². The number of hydrogen-bond donors (Lipinski definition) is 2. The molecule has 1 aromatic carbocycles. The van der Waals surface area contributed by atoms with Crippen LogP contribution in [0.25, 0.3) is 0 Å². The van der Waals surface area contributed by atoms with E-state index < -0.39 is 0 Å². The van der Waals surface area contributed by atoms with E-state index in [9.17, 15) is 4.79 Å². The van der Waals surface area contributed by atoms with Gasteiger partial charge < -0.3 is 15.4 Å². The molecular weight excluding hydrogens is 264 g/mol. The van der Waals surface area contributed by atoms with Crippen LogP contribution in [-0.2, 0) is 4.74 Å². The third-order valence-corrected chi connectivity index (χ3v) is 3.81. The molecule has 4 nitrogen and oxygen atoms in total. The molecule has 0 aromatic heterocycles. The summed E-state index contributed by atoms with van der Waals surface area (Å²) in [7, 11) is 0. The number of carbonyl (C=O) groups excluding carboxylic acids is 1. The number of carbonyl (C=O) groups is 1. The number of benzene rings is 1. The van der Waals surface area contributed by atoms with Gasteiger partial charge in [-0.3, -0.25) is 4.79 Å². The lowest BCUT2D eigenvalue weighted by atomic mass is 10.1. The van der Waals surface area contributed by atoms with Crippen molar-refractivity contribution in [3.05, 3.63) is 29.3 Å². The fourth-order valence-electron chi connectivity index (χ4n) is 2.67. The first kappa shape index (κ1) is 15.8. The van der Waals surface area contributed by atoms with Crippen LogP contribution in [-0.4, -0.2) is 31.7 Å². The minimum Gasteiger partial charge on any atom is -0.385 e. The van der Waals surface area contributed by atoms with Gasteiger partial charge in [-0.1, -0.05) is 11.6 Å². The standard InChI is InChI=1S/C17H26N2O2/c1-3-18-16-8-7-13(2)12-15(16)17(20)19-10-9-14-6-4-5-11-21-14/h7-8,12,14,18H,3-6,9-11H2,1-2H3,(H,19,20). The fraction of sp³-hybridized carbons (Fsp3) is 0.588. The molecule has 2 rings (SSSR count). The summed E-state index contributed by atoms with van der Waals surface area (Å²) in [5.74, 6) is -0.00883. The molecule has 0 spiro atoms. The number of amides is 1. The van der Waals surface area contributed by atoms with Crippen LogP contribution < -0.4 is 10.6 Å². The first-order valence-corrected chi connectivity index (χ1v) is 7.95. The fourth-order valence-corrected chi connectivity index (χ4v) is 2.67. The minimum atomic E-state index is -0.00883. The molecule has 116 valence electrons. The second-order valence-corrected chi connectivity index (χ2v) is 5.61. The van der Waals surface area contributed by atoms with Gasteiger partial charge >= 0.3 is 0 Å². The van der Waals surface area contributed by atoms with Gasteiger partial charge in [-0.25, -0.2) is 0 Å². The summed E-state index contributed by atoms with van der Waals surface area (Å²) in [6, 6.07) is 5.92. The lowest BCUT2D eigenvalue weighted by Crippen LogP contribution is -2.30. The highest BCUT2D eigenvalue weighted by molar-refractivity contribution is 5.99. The monoisotopic (exact) mass is 290 g/mol. The predicted molar refractivity (Wildman–Crippen MR) is 85.9 cm³/mol. The Kier molecular flexibility index (Phi) is 6.05. The number of aryl methyl sites for hydroxylation is 1. The van der Waals surface area contributed by atoms with E-state index in [1.54, 1.807) is 0 Å². The molecule has 1 amide bonds. The molecular formula is C17H26N2O2. The average Bonchev–Trinajstić information content (AvgIpc) is 2.50. The van der Waals surface area contributed by atoms with Crippen LogP contribution in [0.4, 0.5) is 5.69 Å². The van der Waals surface area contributed by atoms with E-state index in [0.29, 0.717) is 12.6 Å². The van der Waals surface area contributed by atoms with Crippen LogP contribution in [0.15, 0.2) is 18.2 Å². The van der Waals surface area contributed by atoms with Crippen molar-refractivity contribution in [1.29, 1.82) is 0 Å². The van der Waals surface area contributed by atoms with E-state index in [0.717, 1.165) is 49.2 Å². The molecule has 0 saturated carbocycles. The molecule has 21 heavy (non-hydrogen) atoms. The van der Waals surface area contributed by atoms with Crippen LogP contribution in [0, 0.1) is 6.92 Å². The van der Waals surface area contributed by atoms with Crippen molar-refractivity contribution in [2.24, 2.45) is 0 Å². The smallest absolute Gasteiger partial charge is 0.253 e. The molecule has 1 aliphatic heterocycles. The lowest BCUT2D eigenvalue weighted by Gasteiger charge is -2.22. The molecule has 1 heterocycles. The van der Waals surface area contributed by atoms with Gasteiger partial charge in [0.05, 0.1) is 11.7 Å². The molecule has 1 atom stereocenters. The summed E-state index contributed by atoms with van der Waals surface area (Å²) in [6.07, 6.45) is 4.72. The van der Waals surface area contributed by atoms with Crippen molar-refractivity contribution in [2.45, 2.75) is 45.6 Å². The van der Waals surface area contributed by atoms with Gasteiger partial charge in [0.15, 0.2) is 0 Å². The van der Waals surface area contributed by atoms with E-state index in [1.165, 1.54) is 6.42 Å². The Bertz CT molecular complexity index is 468. The number of nitrogens with one attached hydrogen (secondary N) is 2. The van der Waals surface area contributed by atoms with Crippen LogP contribution in [0.5, 0.6) is 0 Å². The highest BCUT2D eigenvalue weighted by Gasteiger charge is 2.15. The Hall–Kier alpha value is -1.55. The second-order valence-electron chi connectivity index (χ2n) is 5.61. The summed E-state index contributed by atoms with van der Waals surface area (Å²) >= 11 is 0. The summed E-state index contributed by atoms with van der Waals surface area (Å²) in [5, 5.41) is 6.25. The Morgan fingerprint density at radius 1 is 1.38 bits per heavy atom. The molecule has 4 heteroatoms. The van der Waals surface area contributed by atoms with Crippen molar-refractivity contribution in [2.75, 3.05) is 25.0 Å². The molecule has 0 aliphatic carbocycles. The zero-order valence-electron chi connectivity index (χ0n) is 13.1. The van der Waals surface area contributed by atoms with E-state index >= 15 is 0 Å². The molecule has 1 unspecified atom stereocenters. The van der Waals surface area contributed by atoms with Crippen molar-refractivity contribution in [3.8, 4) is 0 Å². The Morgan fingerprint density at radius 2 is 2.24 bits per heavy atom. The average molecular weight is 290 g/mol. The maximum Gasteiger partial charge on any atom is 0.253 e. The first-order chi connectivity index (χ1) is 10.2. The zero-order chi connectivity index (χ0) is 15.1. The summed E-state index contributed by atoms with van der Waals surface area (Å²) in [4.78, 5) is 12.3. The predicted octanol–water partition coefficient (Wildman–Crippen LogP) is 3.12. The Labute approximate surface area is 127 Å². The van der Waals surface area contributed by atoms with E-state index in [2.05, 4.69) is 10.6 Å². The first-order valence-electron chi connectivity index (χ1n) is 7.95. The van der Waals surface area contributed by atoms with Crippen LogP contribution in [0.1, 0.15) is 48.5 Å². The summed E-state index contributed by atoms with van der Waals surface area (Å²) in [6.45, 7) is 6.37. The number of hydrogen-bond acceptors (Lipinski definition) is 3. The van der Waals surface area contributed by atoms with E-state index in [-0.39, 0.29) is 5.91 Å². The van der Waals surface area contributed by atoms with Gasteiger partial charge in [0.1, 0.15) is 0 Å². The normalized spacial score (nSPS) is 18.3. The van der Waals surface area contributed by atoms with Gasteiger partial charge in [-0.15, -0.1) is 0 Å². The number of ether oxygens (including phenoxy) is 1. The van der Waals surface area contributed by atoms with Crippen molar-refractivity contribution in [1.82, 2.24) is 5.32 Å². The van der Waals surface area contributed by atoms with Gasteiger partial charge in [0, 0.05) is 25.4 Å². The van der Waals surface area contributed by atoms with E-state index in [1.807, 2.05) is 32.0 Å². The molecule has 1 fully saturated rings. The molecule has 0 bridgehead atoms. The minimum absolute atomic E-state index is 0.00883. The maximum absolute atomic E-state index is 12.3. The molecule has 1 aromatic rings. The second kappa shape index (κ2) is 8.03. The summed E-state index contributed by atoms with van der Waals surface area (Å²) < 4.78 is 5.68.